The fourth-order valence-corrected chi connectivity index (χ4v) is 1.89. The van der Waals surface area contributed by atoms with Gasteiger partial charge in [-0.1, -0.05) is 18.2 Å². The number of benzene rings is 1. The van der Waals surface area contributed by atoms with E-state index >= 15 is 0 Å². The quantitative estimate of drug-likeness (QED) is 0.737. The minimum atomic E-state index is 0.0425. The predicted octanol–water partition coefficient (Wildman–Crippen LogP) is 2.70. The lowest BCUT2D eigenvalue weighted by atomic mass is 9.87. The zero-order chi connectivity index (χ0) is 10.7. The van der Waals surface area contributed by atoms with Crippen LogP contribution in [0.25, 0.3) is 0 Å². The second-order valence-corrected chi connectivity index (χ2v) is 3.71. The van der Waals surface area contributed by atoms with Crippen LogP contribution in [0.2, 0.25) is 0 Å². The van der Waals surface area contributed by atoms with Crippen LogP contribution in [-0.4, -0.2) is 12.9 Å². The fraction of sp³-hybridized carbons (Fsp3) is 0.308. The molecule has 2 nitrogen and oxygen atoms in total. The van der Waals surface area contributed by atoms with E-state index < -0.39 is 0 Å². The van der Waals surface area contributed by atoms with Crippen molar-refractivity contribution in [3.63, 3.8) is 0 Å². The van der Waals surface area contributed by atoms with Crippen LogP contribution in [-0.2, 0) is 4.79 Å². The molecule has 0 fully saturated rings. The van der Waals surface area contributed by atoms with Crippen LogP contribution in [0.4, 0.5) is 0 Å². The highest BCUT2D eigenvalue weighted by Crippen LogP contribution is 2.27. The molecule has 1 aliphatic rings. The Morgan fingerprint density at radius 3 is 2.60 bits per heavy atom. The maximum atomic E-state index is 11.6. The average molecular weight is 202 g/mol. The Labute approximate surface area is 89.6 Å². The highest BCUT2D eigenvalue weighted by Gasteiger charge is 2.20. The number of rotatable bonds is 2. The van der Waals surface area contributed by atoms with Gasteiger partial charge in [0.05, 0.1) is 7.11 Å². The van der Waals surface area contributed by atoms with Gasteiger partial charge in [0.15, 0.2) is 5.78 Å². The van der Waals surface area contributed by atoms with Crippen molar-refractivity contribution in [1.82, 2.24) is 0 Å². The first-order valence-corrected chi connectivity index (χ1v) is 5.15. The van der Waals surface area contributed by atoms with Crippen molar-refractivity contribution >= 4 is 5.78 Å². The number of methoxy groups -OCH3 is 1. The maximum Gasteiger partial charge on any atom is 0.162 e. The Morgan fingerprint density at radius 1 is 1.27 bits per heavy atom. The molecule has 0 bridgehead atoms. The summed E-state index contributed by atoms with van der Waals surface area (Å²) in [5.41, 5.74) is 1.09. The maximum absolute atomic E-state index is 11.6. The van der Waals surface area contributed by atoms with Gasteiger partial charge in [0.1, 0.15) is 5.75 Å². The molecule has 78 valence electrons. The number of allylic oxidation sites excluding steroid dienone is 2. The summed E-state index contributed by atoms with van der Waals surface area (Å²) in [5.74, 6) is 1.09. The van der Waals surface area contributed by atoms with E-state index in [0.717, 1.165) is 24.2 Å². The SMILES string of the molecule is COc1ccc(C2CCC=CC2=O)cc1. The van der Waals surface area contributed by atoms with Gasteiger partial charge < -0.3 is 4.74 Å². The van der Waals surface area contributed by atoms with Crippen molar-refractivity contribution in [2.24, 2.45) is 0 Å². The Bertz CT molecular complexity index is 376. The Kier molecular flexibility index (Phi) is 2.86. The number of carbonyl (C=O) groups excluding carboxylic acids is 1. The molecule has 0 heterocycles. The van der Waals surface area contributed by atoms with Crippen LogP contribution in [0.5, 0.6) is 5.75 Å². The molecule has 0 radical (unpaired) electrons. The van der Waals surface area contributed by atoms with Gasteiger partial charge in [0, 0.05) is 5.92 Å². The summed E-state index contributed by atoms with van der Waals surface area (Å²) in [6.45, 7) is 0. The van der Waals surface area contributed by atoms with Gasteiger partial charge in [-0.2, -0.15) is 0 Å². The number of hydrogen-bond acceptors (Lipinski definition) is 2. The van der Waals surface area contributed by atoms with Gasteiger partial charge in [-0.3, -0.25) is 4.79 Å². The molecule has 0 spiro atoms. The molecule has 0 amide bonds. The van der Waals surface area contributed by atoms with E-state index in [1.165, 1.54) is 0 Å². The Balaban J connectivity index is 2.22. The van der Waals surface area contributed by atoms with Gasteiger partial charge in [-0.05, 0) is 36.6 Å². The molecule has 2 heteroatoms. The molecule has 15 heavy (non-hydrogen) atoms. The number of hydrogen-bond donors (Lipinski definition) is 0. The highest BCUT2D eigenvalue weighted by atomic mass is 16.5. The highest BCUT2D eigenvalue weighted by molar-refractivity contribution is 5.96. The third-order valence-corrected chi connectivity index (χ3v) is 2.77. The van der Waals surface area contributed by atoms with Gasteiger partial charge >= 0.3 is 0 Å². The van der Waals surface area contributed by atoms with Crippen molar-refractivity contribution in [2.75, 3.05) is 7.11 Å². The first-order chi connectivity index (χ1) is 7.31. The molecular weight excluding hydrogens is 188 g/mol. The first kappa shape index (κ1) is 9.97. The lowest BCUT2D eigenvalue weighted by Crippen LogP contribution is -2.12. The molecule has 0 N–H and O–H groups in total. The molecular formula is C13H14O2. The summed E-state index contributed by atoms with van der Waals surface area (Å²) >= 11 is 0. The van der Waals surface area contributed by atoms with Crippen molar-refractivity contribution in [3.8, 4) is 5.75 Å². The molecule has 1 aromatic rings. The predicted molar refractivity (Wildman–Crippen MR) is 59.1 cm³/mol. The fourth-order valence-electron chi connectivity index (χ4n) is 1.89. The van der Waals surface area contributed by atoms with E-state index in [4.69, 9.17) is 4.74 Å². The summed E-state index contributed by atoms with van der Waals surface area (Å²) in [4.78, 5) is 11.6. The van der Waals surface area contributed by atoms with Gasteiger partial charge in [0.25, 0.3) is 0 Å². The summed E-state index contributed by atoms with van der Waals surface area (Å²) in [5, 5.41) is 0. The van der Waals surface area contributed by atoms with E-state index in [1.54, 1.807) is 13.2 Å². The van der Waals surface area contributed by atoms with Crippen molar-refractivity contribution in [1.29, 1.82) is 0 Å². The molecule has 1 atom stereocenters. The van der Waals surface area contributed by atoms with Crippen LogP contribution in [0.1, 0.15) is 24.3 Å². The summed E-state index contributed by atoms with van der Waals surface area (Å²) in [6, 6.07) is 7.75. The lowest BCUT2D eigenvalue weighted by molar-refractivity contribution is -0.116. The van der Waals surface area contributed by atoms with Crippen LogP contribution in [0, 0.1) is 0 Å². The van der Waals surface area contributed by atoms with Gasteiger partial charge in [0.2, 0.25) is 0 Å². The topological polar surface area (TPSA) is 26.3 Å². The smallest absolute Gasteiger partial charge is 0.162 e. The van der Waals surface area contributed by atoms with Crippen molar-refractivity contribution < 1.29 is 9.53 Å². The molecule has 0 aromatic heterocycles. The largest absolute Gasteiger partial charge is 0.497 e. The third-order valence-electron chi connectivity index (χ3n) is 2.77. The molecule has 1 aromatic carbocycles. The lowest BCUT2D eigenvalue weighted by Gasteiger charge is -2.16. The van der Waals surface area contributed by atoms with Gasteiger partial charge in [-0.15, -0.1) is 0 Å². The number of ketones is 1. The number of carbonyl (C=O) groups is 1. The van der Waals surface area contributed by atoms with Crippen LogP contribution < -0.4 is 4.74 Å². The Hall–Kier alpha value is -1.57. The minimum absolute atomic E-state index is 0.0425. The van der Waals surface area contributed by atoms with E-state index in [1.807, 2.05) is 30.3 Å². The second-order valence-electron chi connectivity index (χ2n) is 3.71. The molecule has 2 rings (SSSR count). The second kappa shape index (κ2) is 4.30. The minimum Gasteiger partial charge on any atom is -0.497 e. The standard InChI is InChI=1S/C13H14O2/c1-15-11-8-6-10(7-9-11)12-4-2-3-5-13(12)14/h3,5-9,12H,2,4H2,1H3. The van der Waals surface area contributed by atoms with E-state index in [2.05, 4.69) is 0 Å². The molecule has 1 aliphatic carbocycles. The average Bonchev–Trinajstić information content (AvgIpc) is 2.30. The van der Waals surface area contributed by atoms with Crippen LogP contribution >= 0.6 is 0 Å². The van der Waals surface area contributed by atoms with E-state index in [-0.39, 0.29) is 11.7 Å². The Morgan fingerprint density at radius 2 is 2.00 bits per heavy atom. The summed E-state index contributed by atoms with van der Waals surface area (Å²) in [7, 11) is 1.64. The molecule has 1 unspecified atom stereocenters. The van der Waals surface area contributed by atoms with Crippen molar-refractivity contribution in [2.45, 2.75) is 18.8 Å². The van der Waals surface area contributed by atoms with E-state index in [9.17, 15) is 4.79 Å². The summed E-state index contributed by atoms with van der Waals surface area (Å²) in [6.07, 6.45) is 5.55. The number of ether oxygens (including phenoxy) is 1. The molecule has 0 saturated heterocycles. The van der Waals surface area contributed by atoms with Crippen LogP contribution in [0.3, 0.4) is 0 Å². The monoisotopic (exact) mass is 202 g/mol. The molecule has 0 aliphatic heterocycles. The zero-order valence-corrected chi connectivity index (χ0v) is 8.77. The van der Waals surface area contributed by atoms with Crippen LogP contribution in [0.15, 0.2) is 36.4 Å². The zero-order valence-electron chi connectivity index (χ0n) is 8.77. The van der Waals surface area contributed by atoms with E-state index in [0.29, 0.717) is 0 Å². The third kappa shape index (κ3) is 2.09. The summed E-state index contributed by atoms with van der Waals surface area (Å²) < 4.78 is 5.08. The molecule has 0 saturated carbocycles. The normalized spacial score (nSPS) is 20.3. The van der Waals surface area contributed by atoms with Gasteiger partial charge in [-0.25, -0.2) is 0 Å². The van der Waals surface area contributed by atoms with Crippen molar-refractivity contribution in [3.05, 3.63) is 42.0 Å². The first-order valence-electron chi connectivity index (χ1n) is 5.15.